The van der Waals surface area contributed by atoms with Crippen molar-refractivity contribution in [2.75, 3.05) is 20.6 Å². The summed E-state index contributed by atoms with van der Waals surface area (Å²) in [6, 6.07) is 0.148. The first kappa shape index (κ1) is 15.3. The summed E-state index contributed by atoms with van der Waals surface area (Å²) in [4.78, 5) is 28.0. The number of hydrogen-bond donors (Lipinski definition) is 1. The molecule has 0 aromatic carbocycles. The molecular weight excluding hydrogens is 304 g/mol. The van der Waals surface area contributed by atoms with E-state index in [4.69, 9.17) is 11.6 Å². The van der Waals surface area contributed by atoms with Crippen LogP contribution in [0, 0.1) is 18.8 Å². The zero-order valence-corrected chi connectivity index (χ0v) is 13.9. The van der Waals surface area contributed by atoms with Crippen LogP contribution in [0.2, 0.25) is 5.02 Å². The van der Waals surface area contributed by atoms with E-state index in [-0.39, 0.29) is 23.6 Å². The van der Waals surface area contributed by atoms with E-state index >= 15 is 0 Å². The highest BCUT2D eigenvalue weighted by atomic mass is 35.5. The van der Waals surface area contributed by atoms with Crippen LogP contribution in [-0.4, -0.2) is 58.5 Å². The zero-order chi connectivity index (χ0) is 16.0. The summed E-state index contributed by atoms with van der Waals surface area (Å²) in [7, 11) is 3.66. The Kier molecular flexibility index (Phi) is 3.89. The Morgan fingerprint density at radius 2 is 2.09 bits per heavy atom. The van der Waals surface area contributed by atoms with Crippen molar-refractivity contribution in [3.8, 4) is 0 Å². The molecule has 1 aliphatic heterocycles. The number of H-pyrrole nitrogens is 1. The van der Waals surface area contributed by atoms with Crippen LogP contribution in [0.15, 0.2) is 0 Å². The van der Waals surface area contributed by atoms with E-state index in [2.05, 4.69) is 10.2 Å². The number of aromatic nitrogens is 2. The van der Waals surface area contributed by atoms with Gasteiger partial charge < -0.3 is 9.80 Å². The molecule has 120 valence electrons. The van der Waals surface area contributed by atoms with Gasteiger partial charge in [0.05, 0.1) is 10.7 Å². The van der Waals surface area contributed by atoms with Gasteiger partial charge >= 0.3 is 0 Å². The molecule has 3 atom stereocenters. The average molecular weight is 325 g/mol. The van der Waals surface area contributed by atoms with Crippen LogP contribution in [0.1, 0.15) is 35.4 Å². The van der Waals surface area contributed by atoms with Gasteiger partial charge in [-0.3, -0.25) is 14.7 Å². The number of rotatable bonds is 2. The predicted molar refractivity (Wildman–Crippen MR) is 82.7 cm³/mol. The second kappa shape index (κ2) is 5.57. The molecule has 1 aliphatic carbocycles. The first-order chi connectivity index (χ1) is 10.4. The first-order valence-corrected chi connectivity index (χ1v) is 7.97. The summed E-state index contributed by atoms with van der Waals surface area (Å²) in [5.41, 5.74) is 0.982. The minimum absolute atomic E-state index is 0.148. The lowest BCUT2D eigenvalue weighted by Crippen LogP contribution is -2.40. The molecule has 0 spiro atoms. The molecule has 6 nitrogen and oxygen atoms in total. The Balaban J connectivity index is 1.71. The molecule has 1 aromatic heterocycles. The molecule has 0 radical (unpaired) electrons. The van der Waals surface area contributed by atoms with Gasteiger partial charge in [-0.15, -0.1) is 0 Å². The highest BCUT2D eigenvalue weighted by Gasteiger charge is 2.42. The van der Waals surface area contributed by atoms with Gasteiger partial charge in [0.1, 0.15) is 0 Å². The Hall–Kier alpha value is -1.56. The van der Waals surface area contributed by atoms with E-state index in [1.807, 2.05) is 7.05 Å². The number of carbonyl (C=O) groups is 2. The number of aromatic amines is 1. The summed E-state index contributed by atoms with van der Waals surface area (Å²) in [5.74, 6) is 0.930. The van der Waals surface area contributed by atoms with Gasteiger partial charge in [0.2, 0.25) is 5.91 Å². The molecule has 2 amide bonds. The zero-order valence-electron chi connectivity index (χ0n) is 13.1. The van der Waals surface area contributed by atoms with Gasteiger partial charge in [0.15, 0.2) is 5.69 Å². The van der Waals surface area contributed by atoms with Gasteiger partial charge in [-0.1, -0.05) is 11.6 Å². The lowest BCUT2D eigenvalue weighted by molar-refractivity contribution is -0.134. The number of carbonyl (C=O) groups excluding carboxylic acids is 2. The van der Waals surface area contributed by atoms with Crippen LogP contribution in [0.5, 0.6) is 0 Å². The molecule has 1 saturated carbocycles. The van der Waals surface area contributed by atoms with E-state index in [0.29, 0.717) is 29.0 Å². The van der Waals surface area contributed by atoms with Crippen molar-refractivity contribution in [1.82, 2.24) is 20.0 Å². The molecule has 0 unspecified atom stereocenters. The molecule has 2 fully saturated rings. The highest BCUT2D eigenvalue weighted by molar-refractivity contribution is 6.34. The van der Waals surface area contributed by atoms with Crippen LogP contribution < -0.4 is 0 Å². The number of piperidine rings is 1. The van der Waals surface area contributed by atoms with Crippen molar-refractivity contribution in [2.45, 2.75) is 32.2 Å². The number of likely N-dealkylation sites (tertiary alicyclic amines) is 1. The fourth-order valence-corrected chi connectivity index (χ4v) is 3.86. The molecule has 1 saturated heterocycles. The molecular formula is C15H21ClN4O2. The van der Waals surface area contributed by atoms with Crippen LogP contribution >= 0.6 is 11.6 Å². The van der Waals surface area contributed by atoms with Gasteiger partial charge in [0.25, 0.3) is 5.91 Å². The van der Waals surface area contributed by atoms with E-state index in [1.165, 1.54) is 0 Å². The topological polar surface area (TPSA) is 69.3 Å². The SMILES string of the molecule is Cc1[nH]nc(C(=O)N(C)[C@@H]2C[C@@H]3CC(=O)N(C)C[C@@H]3C2)c1Cl. The van der Waals surface area contributed by atoms with Crippen LogP contribution in [0.4, 0.5) is 0 Å². The fourth-order valence-electron chi connectivity index (χ4n) is 3.69. The maximum absolute atomic E-state index is 12.6. The quantitative estimate of drug-likeness (QED) is 0.900. The first-order valence-electron chi connectivity index (χ1n) is 7.60. The second-order valence-corrected chi connectivity index (χ2v) is 6.93. The Morgan fingerprint density at radius 1 is 1.41 bits per heavy atom. The number of hydrogen-bond acceptors (Lipinski definition) is 3. The predicted octanol–water partition coefficient (Wildman–Crippen LogP) is 1.70. The highest BCUT2D eigenvalue weighted by Crippen LogP contribution is 2.40. The van der Waals surface area contributed by atoms with Crippen molar-refractivity contribution in [3.05, 3.63) is 16.4 Å². The minimum Gasteiger partial charge on any atom is -0.345 e. The van der Waals surface area contributed by atoms with E-state index in [9.17, 15) is 9.59 Å². The van der Waals surface area contributed by atoms with Gasteiger partial charge in [0, 0.05) is 33.1 Å². The largest absolute Gasteiger partial charge is 0.345 e. The molecule has 2 aliphatic rings. The molecule has 2 heterocycles. The Morgan fingerprint density at radius 3 is 2.73 bits per heavy atom. The van der Waals surface area contributed by atoms with Crippen molar-refractivity contribution in [2.24, 2.45) is 11.8 Å². The van der Waals surface area contributed by atoms with E-state index < -0.39 is 0 Å². The Labute approximate surface area is 134 Å². The summed E-state index contributed by atoms with van der Waals surface area (Å²) >= 11 is 6.12. The number of nitrogens with zero attached hydrogens (tertiary/aromatic N) is 3. The van der Waals surface area contributed by atoms with Crippen molar-refractivity contribution < 1.29 is 9.59 Å². The lowest BCUT2D eigenvalue weighted by Gasteiger charge is -2.31. The van der Waals surface area contributed by atoms with Gasteiger partial charge in [-0.25, -0.2) is 0 Å². The normalized spacial score (nSPS) is 27.9. The molecule has 1 N–H and O–H groups in total. The molecule has 22 heavy (non-hydrogen) atoms. The van der Waals surface area contributed by atoms with Crippen LogP contribution in [-0.2, 0) is 4.79 Å². The summed E-state index contributed by atoms with van der Waals surface area (Å²) in [5, 5.41) is 7.15. The maximum atomic E-state index is 12.6. The number of aryl methyl sites for hydroxylation is 1. The number of nitrogens with one attached hydrogen (secondary N) is 1. The third-order valence-corrected chi connectivity index (χ3v) is 5.59. The third kappa shape index (κ3) is 2.49. The fraction of sp³-hybridized carbons (Fsp3) is 0.667. The average Bonchev–Trinajstić information content (AvgIpc) is 3.03. The van der Waals surface area contributed by atoms with Gasteiger partial charge in [-0.05, 0) is 31.6 Å². The monoisotopic (exact) mass is 324 g/mol. The molecule has 3 rings (SSSR count). The lowest BCUT2D eigenvalue weighted by atomic mass is 9.88. The smallest absolute Gasteiger partial charge is 0.275 e. The molecule has 0 bridgehead atoms. The maximum Gasteiger partial charge on any atom is 0.275 e. The molecule has 7 heteroatoms. The van der Waals surface area contributed by atoms with Crippen LogP contribution in [0.25, 0.3) is 0 Å². The third-order valence-electron chi connectivity index (χ3n) is 5.13. The van der Waals surface area contributed by atoms with Crippen LogP contribution in [0.3, 0.4) is 0 Å². The summed E-state index contributed by atoms with van der Waals surface area (Å²) in [6.07, 6.45) is 2.42. The Bertz CT molecular complexity index is 615. The number of amides is 2. The van der Waals surface area contributed by atoms with Crippen molar-refractivity contribution in [3.63, 3.8) is 0 Å². The summed E-state index contributed by atoms with van der Waals surface area (Å²) < 4.78 is 0. The number of halogens is 1. The van der Waals surface area contributed by atoms with E-state index in [1.54, 1.807) is 23.8 Å². The standard InChI is InChI=1S/C15H21ClN4O2/c1-8-13(16)14(18-17-8)15(22)20(3)11-4-9-6-12(21)19(2)7-10(9)5-11/h9-11H,4-7H2,1-3H3,(H,17,18)/t9-,10+,11-/m1/s1. The van der Waals surface area contributed by atoms with Crippen molar-refractivity contribution >= 4 is 23.4 Å². The minimum atomic E-state index is -0.155. The van der Waals surface area contributed by atoms with Crippen molar-refractivity contribution in [1.29, 1.82) is 0 Å². The van der Waals surface area contributed by atoms with Gasteiger partial charge in [-0.2, -0.15) is 5.10 Å². The summed E-state index contributed by atoms with van der Waals surface area (Å²) in [6.45, 7) is 2.59. The molecule has 1 aromatic rings. The van der Waals surface area contributed by atoms with E-state index in [0.717, 1.165) is 19.4 Å². The second-order valence-electron chi connectivity index (χ2n) is 6.55. The number of fused-ring (bicyclic) bond motifs is 1.